The molecule has 0 atom stereocenters. The maximum atomic E-state index is 11.5. The molecule has 138 valence electrons. The predicted octanol–water partition coefficient (Wildman–Crippen LogP) is -1.97. The van der Waals surface area contributed by atoms with E-state index in [4.69, 9.17) is 7.85 Å². The van der Waals surface area contributed by atoms with Crippen LogP contribution in [0.4, 0.5) is 0 Å². The molecule has 0 aromatic heterocycles. The third-order valence-corrected chi connectivity index (χ3v) is 3.75. The van der Waals surface area contributed by atoms with Gasteiger partial charge >= 0.3 is 0 Å². The van der Waals surface area contributed by atoms with Crippen LogP contribution in [0.25, 0.3) is 0 Å². The molecule has 0 rings (SSSR count). The monoisotopic (exact) mass is 370 g/mol. The van der Waals surface area contributed by atoms with Gasteiger partial charge in [0, 0.05) is 0 Å². The lowest BCUT2D eigenvalue weighted by Crippen LogP contribution is -2.43. The Bertz CT molecular complexity index is 465. The van der Waals surface area contributed by atoms with E-state index in [9.17, 15) is 24.0 Å². The highest BCUT2D eigenvalue weighted by molar-refractivity contribution is 7.99. The number of hydrogen-bond acceptors (Lipinski definition) is 6. The molecule has 25 heavy (non-hydrogen) atoms. The standard InChI is InChI=1S/C14H23BN4O5S/c15-11(21)4-2-1-3-5-25-10-19-14(24)8-18-13(23)7-17-12(22)6-16-9-20/h9H,1-8,10H2,(H,16,20)(H,17,22)(H,18,23)(H,19,24). The van der Waals surface area contributed by atoms with Gasteiger partial charge in [0.1, 0.15) is 0 Å². The highest BCUT2D eigenvalue weighted by atomic mass is 32.2. The Morgan fingerprint density at radius 3 is 2.04 bits per heavy atom. The molecular formula is C14H23BN4O5S. The van der Waals surface area contributed by atoms with Crippen LogP contribution in [0, 0.1) is 0 Å². The molecule has 0 spiro atoms. The summed E-state index contributed by atoms with van der Waals surface area (Å²) in [5.41, 5.74) is -0.292. The Morgan fingerprint density at radius 2 is 1.44 bits per heavy atom. The average Bonchev–Trinajstić information content (AvgIpc) is 2.58. The van der Waals surface area contributed by atoms with E-state index in [1.807, 2.05) is 0 Å². The van der Waals surface area contributed by atoms with E-state index < -0.39 is 11.8 Å². The first-order chi connectivity index (χ1) is 12.0. The number of carbonyl (C=O) groups excluding carboxylic acids is 5. The van der Waals surface area contributed by atoms with Gasteiger partial charge in [0.25, 0.3) is 0 Å². The van der Waals surface area contributed by atoms with Gasteiger partial charge in [-0.2, -0.15) is 0 Å². The van der Waals surface area contributed by atoms with Crippen molar-refractivity contribution in [3.8, 4) is 0 Å². The van der Waals surface area contributed by atoms with Crippen molar-refractivity contribution >= 4 is 49.4 Å². The van der Waals surface area contributed by atoms with Crippen molar-refractivity contribution < 1.29 is 24.0 Å². The zero-order valence-electron chi connectivity index (χ0n) is 14.0. The number of rotatable bonds is 15. The summed E-state index contributed by atoms with van der Waals surface area (Å²) in [5, 5.41) is 9.45. The van der Waals surface area contributed by atoms with E-state index in [1.54, 1.807) is 11.8 Å². The highest BCUT2D eigenvalue weighted by Gasteiger charge is 2.07. The lowest BCUT2D eigenvalue weighted by molar-refractivity contribution is -0.127. The summed E-state index contributed by atoms with van der Waals surface area (Å²) in [5.74, 6) is -0.0515. The van der Waals surface area contributed by atoms with Crippen LogP contribution in [0.15, 0.2) is 0 Å². The van der Waals surface area contributed by atoms with Crippen LogP contribution < -0.4 is 21.3 Å². The molecule has 0 aromatic rings. The molecule has 4 amide bonds. The van der Waals surface area contributed by atoms with Gasteiger partial charge in [-0.05, 0) is 25.0 Å². The Morgan fingerprint density at radius 1 is 0.840 bits per heavy atom. The fourth-order valence-corrected chi connectivity index (χ4v) is 2.38. The van der Waals surface area contributed by atoms with Gasteiger partial charge in [-0.1, -0.05) is 6.42 Å². The summed E-state index contributed by atoms with van der Waals surface area (Å²) in [6, 6.07) is 0. The van der Waals surface area contributed by atoms with Crippen molar-refractivity contribution in [3.63, 3.8) is 0 Å². The molecule has 0 fully saturated rings. The summed E-state index contributed by atoms with van der Waals surface area (Å²) >= 11 is 1.54. The Labute approximate surface area is 152 Å². The van der Waals surface area contributed by atoms with Gasteiger partial charge < -0.3 is 26.1 Å². The fraction of sp³-hybridized carbons (Fsp3) is 0.643. The number of thioether (sulfide) groups is 1. The summed E-state index contributed by atoms with van der Waals surface area (Å²) in [6.45, 7) is -0.663. The second-order valence-corrected chi connectivity index (χ2v) is 6.09. The Hall–Kier alpha value is -2.04. The lowest BCUT2D eigenvalue weighted by Gasteiger charge is -2.08. The van der Waals surface area contributed by atoms with Gasteiger partial charge in [-0.25, -0.2) is 0 Å². The van der Waals surface area contributed by atoms with Crippen molar-refractivity contribution in [1.82, 2.24) is 21.3 Å². The van der Waals surface area contributed by atoms with Gasteiger partial charge in [0.2, 0.25) is 24.1 Å². The van der Waals surface area contributed by atoms with Crippen LogP contribution in [-0.4, -0.2) is 68.9 Å². The lowest BCUT2D eigenvalue weighted by atomic mass is 9.97. The van der Waals surface area contributed by atoms with Crippen LogP contribution in [0.2, 0.25) is 0 Å². The van der Waals surface area contributed by atoms with E-state index in [0.717, 1.165) is 25.0 Å². The van der Waals surface area contributed by atoms with Crippen molar-refractivity contribution in [2.24, 2.45) is 0 Å². The van der Waals surface area contributed by atoms with Gasteiger partial charge in [0.05, 0.1) is 31.2 Å². The van der Waals surface area contributed by atoms with Crippen LogP contribution in [0.5, 0.6) is 0 Å². The number of carbonyl (C=O) groups is 5. The highest BCUT2D eigenvalue weighted by Crippen LogP contribution is 2.06. The van der Waals surface area contributed by atoms with Crippen LogP contribution in [-0.2, 0) is 24.0 Å². The third kappa shape index (κ3) is 16.6. The summed E-state index contributed by atoms with van der Waals surface area (Å²) in [7, 11) is 5.03. The molecule has 11 heteroatoms. The molecule has 0 aliphatic carbocycles. The summed E-state index contributed by atoms with van der Waals surface area (Å²) < 4.78 is 0. The number of nitrogens with one attached hydrogen (secondary N) is 4. The largest absolute Gasteiger partial charge is 0.350 e. The van der Waals surface area contributed by atoms with Crippen LogP contribution in [0.1, 0.15) is 25.7 Å². The molecule has 0 unspecified atom stereocenters. The van der Waals surface area contributed by atoms with E-state index in [2.05, 4.69) is 21.3 Å². The molecule has 0 aliphatic heterocycles. The summed E-state index contributed by atoms with van der Waals surface area (Å²) in [4.78, 5) is 54.6. The van der Waals surface area contributed by atoms with E-state index in [-0.39, 0.29) is 31.2 Å². The topological polar surface area (TPSA) is 133 Å². The van der Waals surface area contributed by atoms with Crippen LogP contribution in [0.3, 0.4) is 0 Å². The Kier molecular flexibility index (Phi) is 14.2. The molecule has 0 bridgehead atoms. The van der Waals surface area contributed by atoms with Crippen molar-refractivity contribution in [1.29, 1.82) is 0 Å². The third-order valence-electron chi connectivity index (χ3n) is 2.82. The molecule has 0 aromatic carbocycles. The first-order valence-corrected chi connectivity index (χ1v) is 8.94. The molecule has 0 saturated carbocycles. The first kappa shape index (κ1) is 23.0. The summed E-state index contributed by atoms with van der Waals surface area (Å²) in [6.07, 6.45) is 3.39. The minimum atomic E-state index is -0.503. The minimum absolute atomic E-state index is 0.180. The maximum absolute atomic E-state index is 11.5. The van der Waals surface area contributed by atoms with E-state index >= 15 is 0 Å². The van der Waals surface area contributed by atoms with E-state index in [1.165, 1.54) is 0 Å². The number of hydrogen-bond donors (Lipinski definition) is 4. The molecule has 0 saturated heterocycles. The second-order valence-electron chi connectivity index (χ2n) is 4.98. The van der Waals surface area contributed by atoms with Crippen LogP contribution >= 0.6 is 11.8 Å². The smallest absolute Gasteiger partial charge is 0.240 e. The minimum Gasteiger partial charge on any atom is -0.350 e. The molecule has 9 nitrogen and oxygen atoms in total. The van der Waals surface area contributed by atoms with Gasteiger partial charge in [-0.15, -0.1) is 11.8 Å². The molecular weight excluding hydrogens is 347 g/mol. The fourth-order valence-electron chi connectivity index (χ4n) is 1.56. The predicted molar refractivity (Wildman–Crippen MR) is 94.8 cm³/mol. The van der Waals surface area contributed by atoms with E-state index in [0.29, 0.717) is 18.7 Å². The zero-order valence-corrected chi connectivity index (χ0v) is 14.8. The molecule has 0 heterocycles. The normalized spacial score (nSPS) is 9.76. The molecule has 0 aliphatic rings. The number of unbranched alkanes of at least 4 members (excludes halogenated alkanes) is 2. The maximum Gasteiger partial charge on any atom is 0.240 e. The molecule has 2 radical (unpaired) electrons. The zero-order chi connectivity index (χ0) is 18.9. The van der Waals surface area contributed by atoms with Crippen molar-refractivity contribution in [2.75, 3.05) is 31.3 Å². The quantitative estimate of drug-likeness (QED) is 0.114. The second kappa shape index (κ2) is 15.5. The number of amides is 4. The Balaban J connectivity index is 3.51. The average molecular weight is 370 g/mol. The first-order valence-electron chi connectivity index (χ1n) is 7.79. The van der Waals surface area contributed by atoms with Crippen molar-refractivity contribution in [2.45, 2.75) is 25.7 Å². The van der Waals surface area contributed by atoms with Gasteiger partial charge in [0.15, 0.2) is 7.85 Å². The molecule has 4 N–H and O–H groups in total. The van der Waals surface area contributed by atoms with Gasteiger partial charge in [-0.3, -0.25) is 19.2 Å². The SMILES string of the molecule is [B]C(=O)CCCCCSCNC(=O)CNC(=O)CNC(=O)CNC=O. The van der Waals surface area contributed by atoms with Crippen molar-refractivity contribution in [3.05, 3.63) is 0 Å².